The number of hydrogen-bond donors (Lipinski definition) is 0. The van der Waals surface area contributed by atoms with Crippen molar-refractivity contribution in [3.05, 3.63) is 89.0 Å². The Balaban J connectivity index is 1.66. The SMILES string of the molecule is O=C1c2cc3c(cc2CC2(c4ccccc4)C(=O)c4ccccc4N12)OCO3. The lowest BCUT2D eigenvalue weighted by Gasteiger charge is -2.42. The van der Waals surface area contributed by atoms with E-state index in [0.717, 1.165) is 11.1 Å². The first-order valence-corrected chi connectivity index (χ1v) is 9.16. The molecule has 28 heavy (non-hydrogen) atoms. The monoisotopic (exact) mass is 369 g/mol. The Kier molecular flexibility index (Phi) is 2.88. The molecule has 0 spiro atoms. The van der Waals surface area contributed by atoms with Crippen LogP contribution in [0.2, 0.25) is 0 Å². The molecule has 0 fully saturated rings. The Hall–Kier alpha value is -3.60. The Morgan fingerprint density at radius 1 is 0.821 bits per heavy atom. The fraction of sp³-hybridized carbons (Fsp3) is 0.130. The van der Waals surface area contributed by atoms with Gasteiger partial charge in [-0.1, -0.05) is 42.5 Å². The maximum absolute atomic E-state index is 13.7. The molecule has 0 bridgehead atoms. The van der Waals surface area contributed by atoms with Gasteiger partial charge in [-0.3, -0.25) is 14.5 Å². The van der Waals surface area contributed by atoms with Crippen LogP contribution in [-0.2, 0) is 12.0 Å². The van der Waals surface area contributed by atoms with Gasteiger partial charge in [0.1, 0.15) is 5.54 Å². The summed E-state index contributed by atoms with van der Waals surface area (Å²) in [6.07, 6.45) is 0.391. The summed E-state index contributed by atoms with van der Waals surface area (Å²) in [5, 5.41) is 0. The van der Waals surface area contributed by atoms with Crippen LogP contribution in [0.3, 0.4) is 0 Å². The molecule has 136 valence electrons. The third-order valence-electron chi connectivity index (χ3n) is 5.88. The largest absolute Gasteiger partial charge is 0.454 e. The van der Waals surface area contributed by atoms with E-state index < -0.39 is 5.54 Å². The van der Waals surface area contributed by atoms with Crippen molar-refractivity contribution in [1.82, 2.24) is 0 Å². The molecule has 3 aromatic carbocycles. The van der Waals surface area contributed by atoms with Crippen molar-refractivity contribution in [1.29, 1.82) is 0 Å². The van der Waals surface area contributed by atoms with Crippen molar-refractivity contribution in [3.63, 3.8) is 0 Å². The molecule has 1 unspecified atom stereocenters. The quantitative estimate of drug-likeness (QED) is 0.656. The fourth-order valence-electron chi connectivity index (χ4n) is 4.63. The van der Waals surface area contributed by atoms with Gasteiger partial charge in [0.25, 0.3) is 5.91 Å². The van der Waals surface area contributed by atoms with Crippen LogP contribution >= 0.6 is 0 Å². The number of nitrogens with zero attached hydrogens (tertiary/aromatic N) is 1. The number of anilines is 1. The predicted octanol–water partition coefficient (Wildman–Crippen LogP) is 3.71. The molecule has 0 saturated heterocycles. The van der Waals surface area contributed by atoms with Crippen LogP contribution in [0.4, 0.5) is 5.69 Å². The zero-order valence-corrected chi connectivity index (χ0v) is 14.8. The van der Waals surface area contributed by atoms with Gasteiger partial charge in [0.05, 0.1) is 5.69 Å². The molecule has 0 aromatic heterocycles. The van der Waals surface area contributed by atoms with Crippen molar-refractivity contribution in [2.45, 2.75) is 12.0 Å². The number of ether oxygens (including phenoxy) is 2. The van der Waals surface area contributed by atoms with Gasteiger partial charge in [-0.2, -0.15) is 0 Å². The molecular weight excluding hydrogens is 354 g/mol. The smallest absolute Gasteiger partial charge is 0.259 e. The lowest BCUT2D eigenvalue weighted by Crippen LogP contribution is -2.55. The zero-order valence-electron chi connectivity index (χ0n) is 14.8. The highest BCUT2D eigenvalue weighted by Crippen LogP contribution is 2.51. The summed E-state index contributed by atoms with van der Waals surface area (Å²) >= 11 is 0. The number of amides is 1. The Morgan fingerprint density at radius 2 is 1.54 bits per heavy atom. The number of carbonyl (C=O) groups is 2. The Morgan fingerprint density at radius 3 is 2.36 bits per heavy atom. The van der Waals surface area contributed by atoms with Crippen LogP contribution in [0.15, 0.2) is 66.7 Å². The molecule has 6 rings (SSSR count). The van der Waals surface area contributed by atoms with E-state index in [-0.39, 0.29) is 18.5 Å². The van der Waals surface area contributed by atoms with Gasteiger partial charge in [0.2, 0.25) is 6.79 Å². The predicted molar refractivity (Wildman–Crippen MR) is 102 cm³/mol. The topological polar surface area (TPSA) is 55.8 Å². The second-order valence-electron chi connectivity index (χ2n) is 7.25. The third-order valence-corrected chi connectivity index (χ3v) is 5.88. The number of para-hydroxylation sites is 1. The van der Waals surface area contributed by atoms with Crippen LogP contribution in [0, 0.1) is 0 Å². The molecule has 1 amide bonds. The van der Waals surface area contributed by atoms with Gasteiger partial charge in [0.15, 0.2) is 17.3 Å². The van der Waals surface area contributed by atoms with E-state index in [4.69, 9.17) is 9.47 Å². The maximum Gasteiger partial charge on any atom is 0.259 e. The molecule has 3 heterocycles. The zero-order chi connectivity index (χ0) is 18.9. The summed E-state index contributed by atoms with van der Waals surface area (Å²) in [6, 6.07) is 20.5. The molecule has 3 aliphatic rings. The van der Waals surface area contributed by atoms with Crippen LogP contribution in [0.1, 0.15) is 31.8 Å². The molecule has 5 nitrogen and oxygen atoms in total. The molecule has 3 aromatic rings. The van der Waals surface area contributed by atoms with E-state index >= 15 is 0 Å². The van der Waals surface area contributed by atoms with Gasteiger partial charge in [-0.05, 0) is 35.4 Å². The summed E-state index contributed by atoms with van der Waals surface area (Å²) in [5.41, 5.74) is 2.32. The van der Waals surface area contributed by atoms with Crippen molar-refractivity contribution in [3.8, 4) is 11.5 Å². The molecule has 0 saturated carbocycles. The highest BCUT2D eigenvalue weighted by molar-refractivity contribution is 6.25. The Bertz CT molecular complexity index is 1170. The van der Waals surface area contributed by atoms with Crippen LogP contribution in [-0.4, -0.2) is 18.5 Å². The first kappa shape index (κ1) is 15.5. The molecule has 0 aliphatic carbocycles. The molecule has 3 aliphatic heterocycles. The maximum atomic E-state index is 13.7. The van der Waals surface area contributed by atoms with Crippen molar-refractivity contribution >= 4 is 17.4 Å². The fourth-order valence-corrected chi connectivity index (χ4v) is 4.63. The minimum atomic E-state index is -1.08. The van der Waals surface area contributed by atoms with E-state index in [2.05, 4.69) is 0 Å². The number of rotatable bonds is 1. The summed E-state index contributed by atoms with van der Waals surface area (Å²) in [6.45, 7) is 0.141. The van der Waals surface area contributed by atoms with Gasteiger partial charge < -0.3 is 9.47 Å². The van der Waals surface area contributed by atoms with Crippen LogP contribution in [0.25, 0.3) is 0 Å². The van der Waals surface area contributed by atoms with Gasteiger partial charge in [0, 0.05) is 17.5 Å². The first-order chi connectivity index (χ1) is 13.7. The van der Waals surface area contributed by atoms with Gasteiger partial charge >= 0.3 is 0 Å². The number of carbonyl (C=O) groups excluding carboxylic acids is 2. The summed E-state index contributed by atoms with van der Waals surface area (Å²) < 4.78 is 11.0. The molecular formula is C23H15NO4. The average Bonchev–Trinajstić information content (AvgIpc) is 3.29. The summed E-state index contributed by atoms with van der Waals surface area (Å²) in [5.74, 6) is 0.942. The highest BCUT2D eigenvalue weighted by Gasteiger charge is 2.57. The third kappa shape index (κ3) is 1.76. The standard InChI is InChI=1S/C23H15NO4/c25-21-16-8-4-5-9-18(16)24-22(26)17-11-20-19(27-13-28-20)10-14(17)12-23(21,24)15-6-2-1-3-7-15/h1-11H,12-13H2. The van der Waals surface area contributed by atoms with Crippen molar-refractivity contribution in [2.75, 3.05) is 11.7 Å². The minimum absolute atomic E-state index is 0.0500. The normalized spacial score (nSPS) is 21.4. The van der Waals surface area contributed by atoms with E-state index in [0.29, 0.717) is 34.7 Å². The van der Waals surface area contributed by atoms with E-state index in [1.165, 1.54) is 0 Å². The number of ketones is 1. The molecule has 5 heteroatoms. The number of Topliss-reactive ketones (excluding diaryl/α,β-unsaturated/α-hetero) is 1. The van der Waals surface area contributed by atoms with E-state index in [1.54, 1.807) is 17.0 Å². The molecule has 1 atom stereocenters. The minimum Gasteiger partial charge on any atom is -0.454 e. The Labute approximate surface area is 161 Å². The summed E-state index contributed by atoms with van der Waals surface area (Å²) in [4.78, 5) is 29.0. The first-order valence-electron chi connectivity index (χ1n) is 9.16. The number of hydrogen-bond acceptors (Lipinski definition) is 4. The number of fused-ring (bicyclic) bond motifs is 5. The van der Waals surface area contributed by atoms with Gasteiger partial charge in [-0.25, -0.2) is 0 Å². The summed E-state index contributed by atoms with van der Waals surface area (Å²) in [7, 11) is 0. The van der Waals surface area contributed by atoms with E-state index in [9.17, 15) is 9.59 Å². The van der Waals surface area contributed by atoms with Crippen LogP contribution in [0.5, 0.6) is 11.5 Å². The average molecular weight is 369 g/mol. The van der Waals surface area contributed by atoms with Crippen LogP contribution < -0.4 is 14.4 Å². The lowest BCUT2D eigenvalue weighted by molar-refractivity contribution is 0.0825. The molecule has 0 N–H and O–H groups in total. The second-order valence-corrected chi connectivity index (χ2v) is 7.25. The van der Waals surface area contributed by atoms with Gasteiger partial charge in [-0.15, -0.1) is 0 Å². The van der Waals surface area contributed by atoms with E-state index in [1.807, 2.05) is 54.6 Å². The number of benzene rings is 3. The van der Waals surface area contributed by atoms with Crippen molar-refractivity contribution in [2.24, 2.45) is 0 Å². The lowest BCUT2D eigenvalue weighted by atomic mass is 9.76. The molecule has 0 radical (unpaired) electrons. The second kappa shape index (κ2) is 5.23. The highest BCUT2D eigenvalue weighted by atomic mass is 16.7. The van der Waals surface area contributed by atoms with Crippen molar-refractivity contribution < 1.29 is 19.1 Å².